The smallest absolute Gasteiger partial charge is 0.180 e. The van der Waals surface area contributed by atoms with Crippen molar-refractivity contribution in [1.29, 1.82) is 0 Å². The van der Waals surface area contributed by atoms with Gasteiger partial charge >= 0.3 is 0 Å². The van der Waals surface area contributed by atoms with Crippen molar-refractivity contribution in [3.05, 3.63) is 210 Å². The number of rotatable bonds is 5. The second kappa shape index (κ2) is 11.9. The molecule has 56 heavy (non-hydrogen) atoms. The lowest BCUT2D eigenvalue weighted by atomic mass is 9.82. The van der Waals surface area contributed by atoms with E-state index in [4.69, 9.17) is 0 Å². The molecule has 0 atom stereocenters. The first kappa shape index (κ1) is 33.1. The molecule has 0 amide bonds. The van der Waals surface area contributed by atoms with Crippen LogP contribution in [0.15, 0.2) is 188 Å². The van der Waals surface area contributed by atoms with E-state index in [1.165, 1.54) is 93.4 Å². The van der Waals surface area contributed by atoms with Gasteiger partial charge in [0.2, 0.25) is 0 Å². The molecule has 0 saturated carbocycles. The van der Waals surface area contributed by atoms with Crippen molar-refractivity contribution >= 4 is 45.9 Å². The summed E-state index contributed by atoms with van der Waals surface area (Å²) in [6.45, 7) is 9.56. The van der Waals surface area contributed by atoms with Crippen LogP contribution in [0.4, 0.5) is 17.1 Å². The van der Waals surface area contributed by atoms with E-state index in [1.807, 2.05) is 0 Å². The highest BCUT2D eigenvalue weighted by molar-refractivity contribution is 7.22. The number of benzene rings is 8. The van der Waals surface area contributed by atoms with Crippen LogP contribution in [0.3, 0.4) is 0 Å². The summed E-state index contributed by atoms with van der Waals surface area (Å²) in [6, 6.07) is 71.4. The van der Waals surface area contributed by atoms with E-state index in [-0.39, 0.29) is 10.8 Å². The van der Waals surface area contributed by atoms with Crippen molar-refractivity contribution in [3.8, 4) is 33.4 Å². The van der Waals surface area contributed by atoms with Crippen LogP contribution in [-0.2, 0) is 10.8 Å². The van der Waals surface area contributed by atoms with E-state index in [9.17, 15) is 0 Å². The van der Waals surface area contributed by atoms with Gasteiger partial charge in [0.05, 0.1) is 17.1 Å². The molecule has 0 spiro atoms. The van der Waals surface area contributed by atoms with E-state index in [0.717, 1.165) is 0 Å². The zero-order valence-corrected chi connectivity index (χ0v) is 33.3. The van der Waals surface area contributed by atoms with Gasteiger partial charge in [-0.15, -0.1) is 0 Å². The zero-order chi connectivity index (χ0) is 37.8. The fourth-order valence-electron chi connectivity index (χ4n) is 10.9. The van der Waals surface area contributed by atoms with Crippen LogP contribution in [0.25, 0.3) is 33.4 Å². The van der Waals surface area contributed by atoms with Crippen LogP contribution >= 0.6 is 0 Å². The van der Waals surface area contributed by atoms with E-state index in [0.29, 0.717) is 0 Å². The Balaban J connectivity index is 1.29. The molecule has 3 aliphatic rings. The van der Waals surface area contributed by atoms with Crippen LogP contribution in [0.1, 0.15) is 49.9 Å². The summed E-state index contributed by atoms with van der Waals surface area (Å²) in [7, 11) is -2.73. The fraction of sp³-hybridized carbons (Fsp3) is 0.111. The standard InChI is InChI=1S/C54H43NSi/c1-53(2)41-27-14-11-24-38(41)50-43(53)29-17-31-45(50)55(46-32-18-30-44-51(46)39-25-12-15-28-42(39)54(44,3)4)47-33-19-35-49-52(47)40-26-13-16-34-48(40)56(49,36-20-7-5-8-21-36)37-22-9-6-10-23-37/h5-35H,1-4H3. The first-order valence-electron chi connectivity index (χ1n) is 20.0. The Morgan fingerprint density at radius 3 is 1.21 bits per heavy atom. The summed E-state index contributed by atoms with van der Waals surface area (Å²) in [5, 5.41) is 5.72. The predicted molar refractivity (Wildman–Crippen MR) is 239 cm³/mol. The van der Waals surface area contributed by atoms with Gasteiger partial charge in [0.15, 0.2) is 8.07 Å². The molecule has 0 aromatic heterocycles. The summed E-state index contributed by atoms with van der Waals surface area (Å²) in [6.07, 6.45) is 0. The molecule has 1 heterocycles. The quantitative estimate of drug-likeness (QED) is 0.159. The molecule has 268 valence electrons. The molecule has 0 fully saturated rings. The molecular formula is C54H43NSi. The minimum absolute atomic E-state index is 0.130. The Hall–Kier alpha value is -6.22. The van der Waals surface area contributed by atoms with E-state index in [1.54, 1.807) is 0 Å². The molecule has 1 aliphatic heterocycles. The van der Waals surface area contributed by atoms with Gasteiger partial charge in [0, 0.05) is 27.5 Å². The first-order valence-corrected chi connectivity index (χ1v) is 22.0. The fourth-order valence-corrected chi connectivity index (χ4v) is 16.1. The highest BCUT2D eigenvalue weighted by atomic mass is 28.3. The molecule has 1 nitrogen and oxygen atoms in total. The van der Waals surface area contributed by atoms with Crippen LogP contribution < -0.4 is 25.6 Å². The number of nitrogens with zero attached hydrogens (tertiary/aromatic N) is 1. The molecule has 8 aromatic rings. The van der Waals surface area contributed by atoms with Crippen molar-refractivity contribution in [2.45, 2.75) is 38.5 Å². The van der Waals surface area contributed by atoms with Gasteiger partial charge in [0.1, 0.15) is 0 Å². The minimum Gasteiger partial charge on any atom is -0.309 e. The van der Waals surface area contributed by atoms with Crippen molar-refractivity contribution in [3.63, 3.8) is 0 Å². The Kier molecular flexibility index (Phi) is 7.04. The van der Waals surface area contributed by atoms with Crippen molar-refractivity contribution in [2.24, 2.45) is 0 Å². The SMILES string of the molecule is CC1(C)c2ccccc2-c2c(N(c3cccc4c3-c3ccccc3C4(C)C)c3cccc4c3-c3ccccc3[Si]4(c3ccccc3)c3ccccc3)cccc21. The van der Waals surface area contributed by atoms with Gasteiger partial charge in [0.25, 0.3) is 0 Å². The Morgan fingerprint density at radius 1 is 0.321 bits per heavy atom. The van der Waals surface area contributed by atoms with E-state index < -0.39 is 8.07 Å². The Labute approximate surface area is 331 Å². The topological polar surface area (TPSA) is 3.24 Å². The molecule has 0 bridgehead atoms. The first-order chi connectivity index (χ1) is 27.3. The van der Waals surface area contributed by atoms with Crippen LogP contribution in [0.2, 0.25) is 0 Å². The maximum absolute atomic E-state index is 2.73. The maximum atomic E-state index is 2.66. The third-order valence-corrected chi connectivity index (χ3v) is 18.2. The van der Waals surface area contributed by atoms with Gasteiger partial charge in [-0.05, 0) is 77.9 Å². The van der Waals surface area contributed by atoms with Crippen molar-refractivity contribution in [1.82, 2.24) is 0 Å². The average molecular weight is 734 g/mol. The third-order valence-electron chi connectivity index (χ3n) is 13.4. The van der Waals surface area contributed by atoms with Gasteiger partial charge in [-0.3, -0.25) is 0 Å². The summed E-state index contributed by atoms with van der Waals surface area (Å²) >= 11 is 0. The summed E-state index contributed by atoms with van der Waals surface area (Å²) in [4.78, 5) is 2.66. The van der Waals surface area contributed by atoms with Gasteiger partial charge < -0.3 is 4.90 Å². The summed E-state index contributed by atoms with van der Waals surface area (Å²) in [5.74, 6) is 0. The van der Waals surface area contributed by atoms with Crippen LogP contribution in [-0.4, -0.2) is 8.07 Å². The monoisotopic (exact) mass is 733 g/mol. The van der Waals surface area contributed by atoms with Crippen molar-refractivity contribution in [2.75, 3.05) is 4.90 Å². The molecule has 0 saturated heterocycles. The van der Waals surface area contributed by atoms with Crippen LogP contribution in [0.5, 0.6) is 0 Å². The average Bonchev–Trinajstić information content (AvgIpc) is 3.78. The lowest BCUT2D eigenvalue weighted by molar-refractivity contribution is 0.660. The largest absolute Gasteiger partial charge is 0.309 e. The molecule has 11 rings (SSSR count). The lowest BCUT2D eigenvalue weighted by Crippen LogP contribution is -2.72. The summed E-state index contributed by atoms with van der Waals surface area (Å²) in [5.41, 5.74) is 16.9. The highest BCUT2D eigenvalue weighted by Crippen LogP contribution is 2.58. The molecule has 0 N–H and O–H groups in total. The molecule has 2 aliphatic carbocycles. The number of fused-ring (bicyclic) bond motifs is 9. The lowest BCUT2D eigenvalue weighted by Gasteiger charge is -2.34. The van der Waals surface area contributed by atoms with Gasteiger partial charge in [-0.25, -0.2) is 0 Å². The van der Waals surface area contributed by atoms with E-state index >= 15 is 0 Å². The van der Waals surface area contributed by atoms with Gasteiger partial charge in [-0.1, -0.05) is 198 Å². The van der Waals surface area contributed by atoms with Crippen LogP contribution in [0, 0.1) is 0 Å². The maximum Gasteiger partial charge on any atom is 0.180 e. The molecule has 0 unspecified atom stereocenters. The molecule has 2 heteroatoms. The molecular weight excluding hydrogens is 691 g/mol. The number of anilines is 3. The minimum atomic E-state index is -2.73. The Bertz CT molecular complexity index is 2720. The predicted octanol–water partition coefficient (Wildman–Crippen LogP) is 11.1. The third kappa shape index (κ3) is 4.25. The zero-order valence-electron chi connectivity index (χ0n) is 32.3. The second-order valence-corrected chi connectivity index (χ2v) is 20.5. The van der Waals surface area contributed by atoms with E-state index in [2.05, 4.69) is 221 Å². The van der Waals surface area contributed by atoms with Crippen molar-refractivity contribution < 1.29 is 0 Å². The summed E-state index contributed by atoms with van der Waals surface area (Å²) < 4.78 is 0. The normalized spacial score (nSPS) is 15.6. The van der Waals surface area contributed by atoms with Gasteiger partial charge in [-0.2, -0.15) is 0 Å². The highest BCUT2D eigenvalue weighted by Gasteiger charge is 2.50. The Morgan fingerprint density at radius 2 is 0.696 bits per heavy atom. The second-order valence-electron chi connectivity index (χ2n) is 16.8. The molecule has 8 aromatic carbocycles. The number of hydrogen-bond acceptors (Lipinski definition) is 1. The molecule has 0 radical (unpaired) electrons. The number of hydrogen-bond donors (Lipinski definition) is 0.